The number of nitrogens with two attached hydrogens (primary N) is 1. The van der Waals surface area contributed by atoms with Crippen LogP contribution in [0.3, 0.4) is 0 Å². The number of nitrogen functional groups attached to an aromatic ring is 1. The first-order valence-electron chi connectivity index (χ1n) is 6.34. The third-order valence-corrected chi connectivity index (χ3v) is 3.01. The second kappa shape index (κ2) is 7.06. The highest BCUT2D eigenvalue weighted by Crippen LogP contribution is 2.19. The number of ether oxygens (including phenoxy) is 1. The number of hydrogen-bond acceptors (Lipinski definition) is 4. The minimum atomic E-state index is -0.899. The van der Waals surface area contributed by atoms with Crippen LogP contribution in [0.25, 0.3) is 0 Å². The highest BCUT2D eigenvalue weighted by atomic mass is 35.5. The van der Waals surface area contributed by atoms with E-state index in [-0.39, 0.29) is 22.0 Å². The summed E-state index contributed by atoms with van der Waals surface area (Å²) in [6.45, 7) is -0.665. The predicted molar refractivity (Wildman–Crippen MR) is 81.1 cm³/mol. The number of rotatable bonds is 4. The van der Waals surface area contributed by atoms with E-state index in [0.717, 1.165) is 24.3 Å². The van der Waals surface area contributed by atoms with Crippen molar-refractivity contribution in [3.05, 3.63) is 58.6 Å². The van der Waals surface area contributed by atoms with Gasteiger partial charge in [-0.25, -0.2) is 13.6 Å². The molecule has 0 radical (unpaired) electrons. The standard InChI is InChI=1S/C15H11ClF2N2O3/c16-8-1-4-11(18)13(5-8)20-14(21)7-23-15(22)10-3-2-9(17)6-12(10)19/h1-6H,7,19H2,(H,20,21). The van der Waals surface area contributed by atoms with Gasteiger partial charge in [0.15, 0.2) is 6.61 Å². The number of halogens is 3. The zero-order valence-electron chi connectivity index (χ0n) is 11.6. The molecular formula is C15H11ClF2N2O3. The molecule has 2 aromatic rings. The zero-order chi connectivity index (χ0) is 17.0. The zero-order valence-corrected chi connectivity index (χ0v) is 12.4. The van der Waals surface area contributed by atoms with Gasteiger partial charge in [0.1, 0.15) is 11.6 Å². The Morgan fingerprint density at radius 3 is 2.61 bits per heavy atom. The molecule has 0 aliphatic rings. The lowest BCUT2D eigenvalue weighted by Gasteiger charge is -2.09. The second-order valence-corrected chi connectivity index (χ2v) is 4.92. The van der Waals surface area contributed by atoms with Crippen molar-refractivity contribution >= 4 is 34.9 Å². The Kier molecular flexibility index (Phi) is 5.13. The van der Waals surface area contributed by atoms with Crippen LogP contribution < -0.4 is 11.1 Å². The third-order valence-electron chi connectivity index (χ3n) is 2.77. The van der Waals surface area contributed by atoms with Gasteiger partial charge in [-0.05, 0) is 36.4 Å². The van der Waals surface area contributed by atoms with Crippen molar-refractivity contribution in [2.24, 2.45) is 0 Å². The van der Waals surface area contributed by atoms with Crippen LogP contribution in [-0.2, 0) is 9.53 Å². The maximum atomic E-state index is 13.5. The van der Waals surface area contributed by atoms with Crippen LogP contribution in [0.5, 0.6) is 0 Å². The van der Waals surface area contributed by atoms with Gasteiger partial charge in [0.05, 0.1) is 11.3 Å². The average molecular weight is 341 g/mol. The van der Waals surface area contributed by atoms with Crippen molar-refractivity contribution in [3.63, 3.8) is 0 Å². The molecule has 0 saturated carbocycles. The van der Waals surface area contributed by atoms with Crippen LogP contribution in [-0.4, -0.2) is 18.5 Å². The molecule has 23 heavy (non-hydrogen) atoms. The summed E-state index contributed by atoms with van der Waals surface area (Å²) in [6, 6.07) is 6.76. The Hall–Kier alpha value is -2.67. The molecule has 2 aromatic carbocycles. The molecule has 0 spiro atoms. The van der Waals surface area contributed by atoms with Crippen LogP contribution in [0.2, 0.25) is 5.02 Å². The molecule has 0 aliphatic heterocycles. The number of esters is 1. The van der Waals surface area contributed by atoms with E-state index in [1.165, 1.54) is 12.1 Å². The normalized spacial score (nSPS) is 10.2. The van der Waals surface area contributed by atoms with E-state index < -0.39 is 30.1 Å². The van der Waals surface area contributed by atoms with Gasteiger partial charge in [-0.1, -0.05) is 11.6 Å². The summed E-state index contributed by atoms with van der Waals surface area (Å²) in [4.78, 5) is 23.4. The molecule has 0 bridgehead atoms. The number of amides is 1. The molecule has 5 nitrogen and oxygen atoms in total. The Bertz CT molecular complexity index is 768. The van der Waals surface area contributed by atoms with Crippen molar-refractivity contribution < 1.29 is 23.1 Å². The van der Waals surface area contributed by atoms with E-state index in [1.54, 1.807) is 0 Å². The first-order chi connectivity index (χ1) is 10.9. The maximum Gasteiger partial charge on any atom is 0.340 e. The van der Waals surface area contributed by atoms with Gasteiger partial charge in [-0.15, -0.1) is 0 Å². The number of carbonyl (C=O) groups excluding carboxylic acids is 2. The molecule has 0 heterocycles. The van der Waals surface area contributed by atoms with Gasteiger partial charge in [0, 0.05) is 10.7 Å². The summed E-state index contributed by atoms with van der Waals surface area (Å²) in [5.41, 5.74) is 5.15. The number of nitrogens with one attached hydrogen (secondary N) is 1. The summed E-state index contributed by atoms with van der Waals surface area (Å²) >= 11 is 5.69. The van der Waals surface area contributed by atoms with Crippen LogP contribution in [0, 0.1) is 11.6 Å². The Balaban J connectivity index is 1.96. The fourth-order valence-corrected chi connectivity index (χ4v) is 1.88. The second-order valence-electron chi connectivity index (χ2n) is 4.48. The first-order valence-corrected chi connectivity index (χ1v) is 6.71. The van der Waals surface area contributed by atoms with E-state index in [9.17, 15) is 18.4 Å². The smallest absolute Gasteiger partial charge is 0.340 e. The Morgan fingerprint density at radius 2 is 1.91 bits per heavy atom. The summed E-state index contributed by atoms with van der Waals surface area (Å²) in [7, 11) is 0. The highest BCUT2D eigenvalue weighted by molar-refractivity contribution is 6.30. The van der Waals surface area contributed by atoms with Gasteiger partial charge >= 0.3 is 5.97 Å². The Morgan fingerprint density at radius 1 is 1.17 bits per heavy atom. The van der Waals surface area contributed by atoms with Crippen molar-refractivity contribution in [1.82, 2.24) is 0 Å². The topological polar surface area (TPSA) is 81.4 Å². The third kappa shape index (κ3) is 4.40. The SMILES string of the molecule is Nc1cc(F)ccc1C(=O)OCC(=O)Nc1cc(Cl)ccc1F. The van der Waals surface area contributed by atoms with E-state index in [4.69, 9.17) is 22.1 Å². The lowest BCUT2D eigenvalue weighted by molar-refractivity contribution is -0.119. The van der Waals surface area contributed by atoms with Gasteiger partial charge < -0.3 is 15.8 Å². The minimum absolute atomic E-state index is 0.0758. The molecular weight excluding hydrogens is 330 g/mol. The molecule has 0 unspecified atom stereocenters. The predicted octanol–water partition coefficient (Wildman–Crippen LogP) is 3.00. The van der Waals surface area contributed by atoms with Gasteiger partial charge in [0.2, 0.25) is 0 Å². The van der Waals surface area contributed by atoms with Gasteiger partial charge in [-0.3, -0.25) is 4.79 Å². The van der Waals surface area contributed by atoms with Crippen LogP contribution in [0.15, 0.2) is 36.4 Å². The molecule has 0 aliphatic carbocycles. The van der Waals surface area contributed by atoms with Crippen molar-refractivity contribution in [2.45, 2.75) is 0 Å². The molecule has 0 fully saturated rings. The molecule has 3 N–H and O–H groups in total. The quantitative estimate of drug-likeness (QED) is 0.662. The van der Waals surface area contributed by atoms with Crippen LogP contribution in [0.4, 0.5) is 20.2 Å². The van der Waals surface area contributed by atoms with E-state index in [2.05, 4.69) is 5.32 Å². The molecule has 8 heteroatoms. The fourth-order valence-electron chi connectivity index (χ4n) is 1.71. The number of hydrogen-bond donors (Lipinski definition) is 2. The number of carbonyl (C=O) groups is 2. The lowest BCUT2D eigenvalue weighted by Crippen LogP contribution is -2.22. The number of anilines is 2. The monoisotopic (exact) mass is 340 g/mol. The van der Waals surface area contributed by atoms with Gasteiger partial charge in [-0.2, -0.15) is 0 Å². The molecule has 2 rings (SSSR count). The molecule has 0 saturated heterocycles. The summed E-state index contributed by atoms with van der Waals surface area (Å²) < 4.78 is 31.1. The molecule has 0 aromatic heterocycles. The maximum absolute atomic E-state index is 13.5. The summed E-state index contributed by atoms with van der Waals surface area (Å²) in [6.07, 6.45) is 0. The molecule has 0 atom stereocenters. The first kappa shape index (κ1) is 16.7. The van der Waals surface area contributed by atoms with E-state index in [1.807, 2.05) is 0 Å². The van der Waals surface area contributed by atoms with Crippen molar-refractivity contribution in [3.8, 4) is 0 Å². The fraction of sp³-hybridized carbons (Fsp3) is 0.0667. The summed E-state index contributed by atoms with van der Waals surface area (Å²) in [5.74, 6) is -2.95. The van der Waals surface area contributed by atoms with Crippen molar-refractivity contribution in [1.29, 1.82) is 0 Å². The molecule has 120 valence electrons. The van der Waals surface area contributed by atoms with Crippen LogP contribution in [0.1, 0.15) is 10.4 Å². The number of benzene rings is 2. The van der Waals surface area contributed by atoms with E-state index in [0.29, 0.717) is 0 Å². The van der Waals surface area contributed by atoms with Crippen molar-refractivity contribution in [2.75, 3.05) is 17.7 Å². The van der Waals surface area contributed by atoms with E-state index >= 15 is 0 Å². The lowest BCUT2D eigenvalue weighted by atomic mass is 10.2. The summed E-state index contributed by atoms with van der Waals surface area (Å²) in [5, 5.41) is 2.45. The Labute approximate surface area is 135 Å². The highest BCUT2D eigenvalue weighted by Gasteiger charge is 2.15. The minimum Gasteiger partial charge on any atom is -0.452 e. The average Bonchev–Trinajstić information content (AvgIpc) is 2.48. The largest absolute Gasteiger partial charge is 0.452 e. The molecule has 1 amide bonds. The van der Waals surface area contributed by atoms with Gasteiger partial charge in [0.25, 0.3) is 5.91 Å². The van der Waals surface area contributed by atoms with Crippen LogP contribution >= 0.6 is 11.6 Å².